The van der Waals surface area contributed by atoms with E-state index < -0.39 is 10.0 Å². The second-order valence-corrected chi connectivity index (χ2v) is 5.36. The van der Waals surface area contributed by atoms with Crippen LogP contribution in [0.3, 0.4) is 0 Å². The van der Waals surface area contributed by atoms with Crippen molar-refractivity contribution in [3.63, 3.8) is 0 Å². The highest BCUT2D eigenvalue weighted by Gasteiger charge is 2.15. The summed E-state index contributed by atoms with van der Waals surface area (Å²) in [6.45, 7) is 2.16. The predicted octanol–water partition coefficient (Wildman–Crippen LogP) is 1.11. The van der Waals surface area contributed by atoms with E-state index in [2.05, 4.69) is 16.6 Å². The SMILES string of the molecule is CCNS(=O)(=O)c1ccccc1C#CCCCO. The van der Waals surface area contributed by atoms with Gasteiger partial charge in [0.15, 0.2) is 0 Å². The Morgan fingerprint density at radius 1 is 1.33 bits per heavy atom. The smallest absolute Gasteiger partial charge is 0.241 e. The van der Waals surface area contributed by atoms with Gasteiger partial charge in [-0.25, -0.2) is 13.1 Å². The monoisotopic (exact) mass is 267 g/mol. The molecule has 18 heavy (non-hydrogen) atoms. The summed E-state index contributed by atoms with van der Waals surface area (Å²) >= 11 is 0. The van der Waals surface area contributed by atoms with Crippen LogP contribution in [0.4, 0.5) is 0 Å². The van der Waals surface area contributed by atoms with Gasteiger partial charge in [-0.05, 0) is 18.6 Å². The lowest BCUT2D eigenvalue weighted by Gasteiger charge is -2.06. The Morgan fingerprint density at radius 3 is 2.72 bits per heavy atom. The van der Waals surface area contributed by atoms with Crippen molar-refractivity contribution in [1.82, 2.24) is 4.72 Å². The Labute approximate surface area is 108 Å². The van der Waals surface area contributed by atoms with E-state index in [4.69, 9.17) is 5.11 Å². The number of benzene rings is 1. The highest BCUT2D eigenvalue weighted by Crippen LogP contribution is 2.13. The minimum absolute atomic E-state index is 0.0893. The molecule has 0 heterocycles. The first-order chi connectivity index (χ1) is 8.61. The number of sulfonamides is 1. The molecule has 0 amide bonds. The zero-order valence-corrected chi connectivity index (χ0v) is 11.1. The summed E-state index contributed by atoms with van der Waals surface area (Å²) in [5.41, 5.74) is 0.483. The van der Waals surface area contributed by atoms with Gasteiger partial charge in [0.25, 0.3) is 0 Å². The quantitative estimate of drug-likeness (QED) is 0.620. The Bertz CT molecular complexity index is 541. The fraction of sp³-hybridized carbons (Fsp3) is 0.385. The van der Waals surface area contributed by atoms with Crippen LogP contribution < -0.4 is 4.72 Å². The molecule has 5 heteroatoms. The largest absolute Gasteiger partial charge is 0.396 e. The Balaban J connectivity index is 3.02. The molecule has 0 saturated carbocycles. The molecule has 1 aromatic rings. The number of hydrogen-bond acceptors (Lipinski definition) is 3. The van der Waals surface area contributed by atoms with Crippen molar-refractivity contribution in [3.05, 3.63) is 29.8 Å². The molecule has 98 valence electrons. The highest BCUT2D eigenvalue weighted by atomic mass is 32.2. The molecular weight excluding hydrogens is 250 g/mol. The number of unbranched alkanes of at least 4 members (excludes halogenated alkanes) is 1. The van der Waals surface area contributed by atoms with Crippen LogP contribution in [-0.4, -0.2) is 26.7 Å². The zero-order chi connectivity index (χ0) is 13.4. The Hall–Kier alpha value is -1.35. The van der Waals surface area contributed by atoms with Crippen molar-refractivity contribution < 1.29 is 13.5 Å². The van der Waals surface area contributed by atoms with Crippen molar-refractivity contribution in [3.8, 4) is 11.8 Å². The fourth-order valence-electron chi connectivity index (χ4n) is 1.40. The van der Waals surface area contributed by atoms with Crippen molar-refractivity contribution >= 4 is 10.0 Å². The van der Waals surface area contributed by atoms with Gasteiger partial charge in [0.05, 0.1) is 4.90 Å². The Kier molecular flexibility index (Phi) is 5.86. The maximum atomic E-state index is 11.9. The summed E-state index contributed by atoms with van der Waals surface area (Å²) in [4.78, 5) is 0.198. The van der Waals surface area contributed by atoms with Gasteiger partial charge in [-0.2, -0.15) is 0 Å². The van der Waals surface area contributed by atoms with Gasteiger partial charge >= 0.3 is 0 Å². The van der Waals surface area contributed by atoms with Crippen LogP contribution in [0.1, 0.15) is 25.3 Å². The molecule has 0 aliphatic heterocycles. The lowest BCUT2D eigenvalue weighted by atomic mass is 10.2. The predicted molar refractivity (Wildman–Crippen MR) is 70.5 cm³/mol. The van der Waals surface area contributed by atoms with Crippen molar-refractivity contribution in [2.24, 2.45) is 0 Å². The van der Waals surface area contributed by atoms with E-state index in [1.165, 1.54) is 6.07 Å². The highest BCUT2D eigenvalue weighted by molar-refractivity contribution is 7.89. The molecule has 1 aromatic carbocycles. The van der Waals surface area contributed by atoms with Crippen LogP contribution in [0.25, 0.3) is 0 Å². The maximum absolute atomic E-state index is 11.9. The molecule has 0 aliphatic carbocycles. The fourth-order valence-corrected chi connectivity index (χ4v) is 2.60. The summed E-state index contributed by atoms with van der Waals surface area (Å²) in [5, 5.41) is 8.64. The second kappa shape index (κ2) is 7.17. The average molecular weight is 267 g/mol. The van der Waals surface area contributed by atoms with Gasteiger partial charge in [-0.3, -0.25) is 0 Å². The van der Waals surface area contributed by atoms with Crippen molar-refractivity contribution in [1.29, 1.82) is 0 Å². The molecule has 4 nitrogen and oxygen atoms in total. The summed E-state index contributed by atoms with van der Waals surface area (Å²) in [6, 6.07) is 6.63. The molecule has 1 rings (SSSR count). The van der Waals surface area contributed by atoms with Gasteiger partial charge in [-0.1, -0.05) is 30.9 Å². The third-order valence-electron chi connectivity index (χ3n) is 2.19. The third kappa shape index (κ3) is 4.15. The van der Waals surface area contributed by atoms with E-state index in [0.29, 0.717) is 24.9 Å². The minimum Gasteiger partial charge on any atom is -0.396 e. The van der Waals surface area contributed by atoms with E-state index in [1.54, 1.807) is 25.1 Å². The molecule has 0 bridgehead atoms. The maximum Gasteiger partial charge on any atom is 0.241 e. The Morgan fingerprint density at radius 2 is 2.06 bits per heavy atom. The minimum atomic E-state index is -3.49. The van der Waals surface area contributed by atoms with Crippen LogP contribution in [0, 0.1) is 11.8 Å². The number of rotatable bonds is 5. The molecule has 0 spiro atoms. The van der Waals surface area contributed by atoms with E-state index >= 15 is 0 Å². The molecule has 0 saturated heterocycles. The first-order valence-electron chi connectivity index (χ1n) is 5.80. The first-order valence-corrected chi connectivity index (χ1v) is 7.28. The molecular formula is C13H17NO3S. The van der Waals surface area contributed by atoms with Crippen LogP contribution in [0.15, 0.2) is 29.2 Å². The van der Waals surface area contributed by atoms with Crippen LogP contribution in [0.5, 0.6) is 0 Å². The van der Waals surface area contributed by atoms with E-state index in [9.17, 15) is 8.42 Å². The standard InChI is InChI=1S/C13H17NO3S/c1-2-14-18(16,17)13-10-6-5-9-12(13)8-4-3-7-11-15/h5-6,9-10,14-15H,2-3,7,11H2,1H3. The van der Waals surface area contributed by atoms with E-state index in [0.717, 1.165) is 0 Å². The second-order valence-electron chi connectivity index (χ2n) is 3.63. The summed E-state index contributed by atoms with van der Waals surface area (Å²) in [5.74, 6) is 5.69. The lowest BCUT2D eigenvalue weighted by molar-refractivity contribution is 0.290. The van der Waals surface area contributed by atoms with E-state index in [-0.39, 0.29) is 11.5 Å². The van der Waals surface area contributed by atoms with Gasteiger partial charge in [0, 0.05) is 25.1 Å². The number of hydrogen-bond donors (Lipinski definition) is 2. The van der Waals surface area contributed by atoms with Gasteiger partial charge in [0.2, 0.25) is 10.0 Å². The van der Waals surface area contributed by atoms with Crippen LogP contribution >= 0.6 is 0 Å². The van der Waals surface area contributed by atoms with Crippen molar-refractivity contribution in [2.75, 3.05) is 13.2 Å². The lowest BCUT2D eigenvalue weighted by Crippen LogP contribution is -2.23. The van der Waals surface area contributed by atoms with Gasteiger partial charge in [-0.15, -0.1) is 0 Å². The van der Waals surface area contributed by atoms with Crippen molar-refractivity contribution in [2.45, 2.75) is 24.7 Å². The first kappa shape index (κ1) is 14.7. The van der Waals surface area contributed by atoms with Gasteiger partial charge in [0.1, 0.15) is 0 Å². The molecule has 0 fully saturated rings. The molecule has 0 atom stereocenters. The topological polar surface area (TPSA) is 66.4 Å². The average Bonchev–Trinajstić information content (AvgIpc) is 2.35. The molecule has 2 N–H and O–H groups in total. The molecule has 0 unspecified atom stereocenters. The summed E-state index contributed by atoms with van der Waals surface area (Å²) < 4.78 is 26.3. The number of aliphatic hydroxyl groups excluding tert-OH is 1. The van der Waals surface area contributed by atoms with Crippen LogP contribution in [0.2, 0.25) is 0 Å². The van der Waals surface area contributed by atoms with E-state index in [1.807, 2.05) is 0 Å². The summed E-state index contributed by atoms with van der Waals surface area (Å²) in [6.07, 6.45) is 1.14. The van der Waals surface area contributed by atoms with Crippen LogP contribution in [-0.2, 0) is 10.0 Å². The zero-order valence-electron chi connectivity index (χ0n) is 10.3. The number of nitrogens with one attached hydrogen (secondary N) is 1. The molecule has 0 aromatic heterocycles. The molecule has 0 radical (unpaired) electrons. The summed E-state index contributed by atoms with van der Waals surface area (Å²) in [7, 11) is -3.49. The number of aliphatic hydroxyl groups is 1. The molecule has 0 aliphatic rings. The normalized spacial score (nSPS) is 10.8. The van der Waals surface area contributed by atoms with Gasteiger partial charge < -0.3 is 5.11 Å². The third-order valence-corrected chi connectivity index (χ3v) is 3.80.